The number of nitrogens with zero attached hydrogens (tertiary/aromatic N) is 2. The van der Waals surface area contributed by atoms with E-state index >= 15 is 4.39 Å². The number of hydrogen-bond acceptors (Lipinski definition) is 6. The number of thioether (sulfide) groups is 1. The van der Waals surface area contributed by atoms with Crippen molar-refractivity contribution in [2.45, 2.75) is 49.5 Å². The molecule has 222 valence electrons. The van der Waals surface area contributed by atoms with Crippen molar-refractivity contribution in [3.05, 3.63) is 60.3 Å². The molecule has 0 aliphatic carbocycles. The molecule has 11 heteroatoms. The molecule has 0 spiro atoms. The number of likely N-dealkylation sites (tertiary alicyclic amines) is 1. The van der Waals surface area contributed by atoms with Gasteiger partial charge in [-0.25, -0.2) is 4.39 Å². The van der Waals surface area contributed by atoms with E-state index in [1.807, 2.05) is 0 Å². The van der Waals surface area contributed by atoms with E-state index in [1.54, 1.807) is 43.6 Å². The Labute approximate surface area is 241 Å². The predicted molar refractivity (Wildman–Crippen MR) is 150 cm³/mol. The summed E-state index contributed by atoms with van der Waals surface area (Å²) in [5.41, 5.74) is 1.26. The summed E-state index contributed by atoms with van der Waals surface area (Å²) in [6, 6.07) is 13.0. The van der Waals surface area contributed by atoms with Crippen LogP contribution in [0, 0.1) is 11.8 Å². The number of pyridine rings is 1. The summed E-state index contributed by atoms with van der Waals surface area (Å²) in [4.78, 5) is 18.9. The number of alkyl halides is 4. The predicted octanol–water partition coefficient (Wildman–Crippen LogP) is 7.53. The van der Waals surface area contributed by atoms with Crippen molar-refractivity contribution in [2.75, 3.05) is 32.5 Å². The highest BCUT2D eigenvalue weighted by Crippen LogP contribution is 2.36. The van der Waals surface area contributed by atoms with Crippen LogP contribution in [0.5, 0.6) is 11.5 Å². The molecular weight excluding hydrogens is 560 g/mol. The van der Waals surface area contributed by atoms with E-state index in [0.29, 0.717) is 52.3 Å². The van der Waals surface area contributed by atoms with Crippen LogP contribution < -0.4 is 9.47 Å². The second-order valence-electron chi connectivity index (χ2n) is 10.3. The zero-order valence-electron chi connectivity index (χ0n) is 22.8. The average Bonchev–Trinajstić information content (AvgIpc) is 2.93. The van der Waals surface area contributed by atoms with E-state index in [0.717, 1.165) is 25.9 Å². The number of rotatable bonds is 13. The number of carboxylic acids is 1. The van der Waals surface area contributed by atoms with Crippen LogP contribution in [0.25, 0.3) is 10.9 Å². The number of benzene rings is 2. The molecule has 0 unspecified atom stereocenters. The number of carboxylic acid groups (broad SMARTS) is 1. The van der Waals surface area contributed by atoms with E-state index in [-0.39, 0.29) is 24.0 Å². The number of aromatic nitrogens is 1. The van der Waals surface area contributed by atoms with Gasteiger partial charge in [0.15, 0.2) is 0 Å². The molecule has 3 aromatic rings. The molecule has 1 aromatic heterocycles. The van der Waals surface area contributed by atoms with Gasteiger partial charge in [-0.2, -0.15) is 0 Å². The van der Waals surface area contributed by atoms with E-state index in [4.69, 9.17) is 4.74 Å². The van der Waals surface area contributed by atoms with Gasteiger partial charge in [-0.1, -0.05) is 6.07 Å². The molecule has 6 nitrogen and oxygen atoms in total. The maximum absolute atomic E-state index is 15.5. The molecule has 1 saturated heterocycles. The van der Waals surface area contributed by atoms with Gasteiger partial charge in [0.05, 0.1) is 12.6 Å². The Morgan fingerprint density at radius 1 is 1.17 bits per heavy atom. The number of piperidine rings is 1. The van der Waals surface area contributed by atoms with Crippen LogP contribution in [-0.2, 0) is 4.79 Å². The topological polar surface area (TPSA) is 71.9 Å². The molecule has 3 atom stereocenters. The number of methoxy groups -OCH3 is 1. The standard InChI is InChI=1S/C30H34F4N2O4S/c1-39-22-7-9-28-26(18-22)25(10-12-35-28)27(31)8-6-20-11-14-36(19-21(20)16-29(37)38)13-3-15-41-24-5-2-4-23(17-24)40-30(32,33)34/h2,4-5,7,9-10,12,17-18,20-21,27H,3,6,8,11,13-16,19H2,1H3,(H,37,38)/t20-,21+,27-/m1/s1. The highest BCUT2D eigenvalue weighted by molar-refractivity contribution is 7.99. The lowest BCUT2D eigenvalue weighted by Crippen LogP contribution is -2.42. The maximum atomic E-state index is 15.5. The zero-order chi connectivity index (χ0) is 29.4. The Hall–Kier alpha value is -3.05. The Morgan fingerprint density at radius 2 is 2.00 bits per heavy atom. The van der Waals surface area contributed by atoms with Crippen molar-refractivity contribution in [1.29, 1.82) is 0 Å². The minimum Gasteiger partial charge on any atom is -0.497 e. The highest BCUT2D eigenvalue weighted by atomic mass is 32.2. The van der Waals surface area contributed by atoms with Crippen LogP contribution in [0.4, 0.5) is 17.6 Å². The summed E-state index contributed by atoms with van der Waals surface area (Å²) in [6.07, 6.45) is -1.81. The molecule has 1 aliphatic rings. The number of ether oxygens (including phenoxy) is 2. The molecule has 1 N–H and O–H groups in total. The van der Waals surface area contributed by atoms with Crippen LogP contribution in [0.2, 0.25) is 0 Å². The van der Waals surface area contributed by atoms with Gasteiger partial charge < -0.3 is 19.5 Å². The largest absolute Gasteiger partial charge is 0.573 e. The van der Waals surface area contributed by atoms with Crippen LogP contribution in [0.3, 0.4) is 0 Å². The molecular formula is C30H34F4N2O4S. The lowest BCUT2D eigenvalue weighted by atomic mass is 9.79. The van der Waals surface area contributed by atoms with Gasteiger partial charge in [0, 0.05) is 29.4 Å². The van der Waals surface area contributed by atoms with Crippen molar-refractivity contribution in [1.82, 2.24) is 9.88 Å². The molecule has 2 aromatic carbocycles. The van der Waals surface area contributed by atoms with Crippen LogP contribution in [0.1, 0.15) is 43.8 Å². The maximum Gasteiger partial charge on any atom is 0.573 e. The number of halogens is 4. The summed E-state index contributed by atoms with van der Waals surface area (Å²) in [5, 5.41) is 10.2. The SMILES string of the molecule is COc1ccc2nccc([C@H](F)CC[C@@H]3CCN(CCCSc4cccc(OC(F)(F)F)c4)C[C@@H]3CC(=O)O)c2c1. The molecule has 0 radical (unpaired) electrons. The summed E-state index contributed by atoms with van der Waals surface area (Å²) in [6.45, 7) is 2.18. The molecule has 0 saturated carbocycles. The highest BCUT2D eigenvalue weighted by Gasteiger charge is 2.32. The van der Waals surface area contributed by atoms with Gasteiger partial charge in [-0.15, -0.1) is 24.9 Å². The lowest BCUT2D eigenvalue weighted by molar-refractivity contribution is -0.274. The fourth-order valence-corrected chi connectivity index (χ4v) is 6.38. The van der Waals surface area contributed by atoms with E-state index in [1.165, 1.54) is 30.0 Å². The average molecular weight is 595 g/mol. The van der Waals surface area contributed by atoms with Gasteiger partial charge >= 0.3 is 12.3 Å². The molecule has 4 rings (SSSR count). The van der Waals surface area contributed by atoms with Crippen LogP contribution >= 0.6 is 11.8 Å². The molecule has 1 fully saturated rings. The smallest absolute Gasteiger partial charge is 0.497 e. The first-order valence-corrected chi connectivity index (χ1v) is 14.6. The quantitative estimate of drug-likeness (QED) is 0.125. The summed E-state index contributed by atoms with van der Waals surface area (Å²) in [7, 11) is 1.56. The Balaban J connectivity index is 1.28. The first-order chi connectivity index (χ1) is 19.6. The van der Waals surface area contributed by atoms with E-state index in [2.05, 4.69) is 14.6 Å². The number of hydrogen-bond donors (Lipinski definition) is 1. The van der Waals surface area contributed by atoms with E-state index in [9.17, 15) is 23.1 Å². The number of carbonyl (C=O) groups is 1. The van der Waals surface area contributed by atoms with Crippen molar-refractivity contribution >= 4 is 28.6 Å². The van der Waals surface area contributed by atoms with Gasteiger partial charge in [0.25, 0.3) is 0 Å². The zero-order valence-corrected chi connectivity index (χ0v) is 23.6. The first-order valence-electron chi connectivity index (χ1n) is 13.6. The van der Waals surface area contributed by atoms with Gasteiger partial charge in [0.2, 0.25) is 0 Å². The van der Waals surface area contributed by atoms with Crippen molar-refractivity contribution in [3.63, 3.8) is 0 Å². The fraction of sp³-hybridized carbons (Fsp3) is 0.467. The first kappa shape index (κ1) is 30.9. The normalized spacial score (nSPS) is 18.8. The summed E-state index contributed by atoms with van der Waals surface area (Å²) < 4.78 is 62.2. The molecule has 41 heavy (non-hydrogen) atoms. The number of fused-ring (bicyclic) bond motifs is 1. The van der Waals surface area contributed by atoms with Crippen molar-refractivity contribution in [2.24, 2.45) is 11.8 Å². The Bertz CT molecular complexity index is 1310. The minimum absolute atomic E-state index is 0.0360. The van der Waals surface area contributed by atoms with Crippen LogP contribution in [-0.4, -0.2) is 59.8 Å². The third-order valence-corrected chi connectivity index (χ3v) is 8.53. The second-order valence-corrected chi connectivity index (χ2v) is 11.4. The van der Waals surface area contributed by atoms with Gasteiger partial charge in [-0.05, 0) is 104 Å². The molecule has 0 bridgehead atoms. The molecule has 0 amide bonds. The minimum atomic E-state index is -4.73. The molecule has 1 aliphatic heterocycles. The van der Waals surface area contributed by atoms with E-state index < -0.39 is 18.5 Å². The third kappa shape index (κ3) is 9.22. The third-order valence-electron chi connectivity index (χ3n) is 7.45. The summed E-state index contributed by atoms with van der Waals surface area (Å²) in [5.74, 6) is 0.263. The second kappa shape index (κ2) is 14.2. The molecule has 2 heterocycles. The van der Waals surface area contributed by atoms with Crippen molar-refractivity contribution in [3.8, 4) is 11.5 Å². The fourth-order valence-electron chi connectivity index (χ4n) is 5.50. The van der Waals surface area contributed by atoms with Gasteiger partial charge in [-0.3, -0.25) is 9.78 Å². The van der Waals surface area contributed by atoms with Crippen molar-refractivity contribution < 1.29 is 36.9 Å². The Kier molecular flexibility index (Phi) is 10.7. The van der Waals surface area contributed by atoms with Gasteiger partial charge in [0.1, 0.15) is 17.7 Å². The summed E-state index contributed by atoms with van der Waals surface area (Å²) >= 11 is 1.45. The monoisotopic (exact) mass is 594 g/mol. The number of aliphatic carboxylic acids is 1. The Morgan fingerprint density at radius 3 is 2.76 bits per heavy atom. The lowest BCUT2D eigenvalue weighted by Gasteiger charge is -2.38. The van der Waals surface area contributed by atoms with Crippen LogP contribution in [0.15, 0.2) is 59.6 Å².